The van der Waals surface area contributed by atoms with Crippen molar-refractivity contribution in [3.63, 3.8) is 0 Å². The molecule has 0 spiro atoms. The van der Waals surface area contributed by atoms with Crippen molar-refractivity contribution in [3.05, 3.63) is 86.8 Å². The topological polar surface area (TPSA) is 49.0 Å². The van der Waals surface area contributed by atoms with Crippen LogP contribution in [0.2, 0.25) is 0 Å². The molecule has 156 valence electrons. The van der Waals surface area contributed by atoms with Crippen molar-refractivity contribution in [2.75, 3.05) is 6.54 Å². The van der Waals surface area contributed by atoms with Gasteiger partial charge in [0.15, 0.2) is 0 Å². The third-order valence-electron chi connectivity index (χ3n) is 4.97. The van der Waals surface area contributed by atoms with Gasteiger partial charge in [-0.2, -0.15) is 13.2 Å². The molecule has 30 heavy (non-hydrogen) atoms. The molecule has 3 aromatic rings. The molecule has 1 aliphatic rings. The molecule has 0 fully saturated rings. The first-order chi connectivity index (χ1) is 14.2. The van der Waals surface area contributed by atoms with Crippen molar-refractivity contribution in [2.45, 2.75) is 25.7 Å². The predicted octanol–water partition coefficient (Wildman–Crippen LogP) is 4.29. The third-order valence-corrected chi connectivity index (χ3v) is 4.97. The quantitative estimate of drug-likeness (QED) is 0.642. The summed E-state index contributed by atoms with van der Waals surface area (Å²) in [6, 6.07) is 7.66. The van der Waals surface area contributed by atoms with Crippen LogP contribution in [-0.2, 0) is 25.7 Å². The standard InChI is InChI=1S/C21H16F5N3O/c22-15-7-12(8-16(23)9-15)10-29-6-5-17-18(11-29)27-19(28-20(17)30)13-1-3-14(4-2-13)21(24,25)26/h1-4,7-9H,5-6,10-11H2,(H,27,28,30). The Labute approximate surface area is 168 Å². The van der Waals surface area contributed by atoms with Crippen molar-refractivity contribution in [1.29, 1.82) is 0 Å². The van der Waals surface area contributed by atoms with E-state index in [4.69, 9.17) is 0 Å². The lowest BCUT2D eigenvalue weighted by atomic mass is 10.0. The van der Waals surface area contributed by atoms with Crippen molar-refractivity contribution >= 4 is 0 Å². The monoisotopic (exact) mass is 421 g/mol. The van der Waals surface area contributed by atoms with Crippen LogP contribution in [0.1, 0.15) is 22.4 Å². The molecule has 4 rings (SSSR count). The molecule has 0 amide bonds. The number of aromatic amines is 1. The Balaban J connectivity index is 1.59. The summed E-state index contributed by atoms with van der Waals surface area (Å²) in [7, 11) is 0. The van der Waals surface area contributed by atoms with Crippen molar-refractivity contribution in [1.82, 2.24) is 14.9 Å². The Bertz CT molecular complexity index is 1120. The molecule has 4 nitrogen and oxygen atoms in total. The van der Waals surface area contributed by atoms with Gasteiger partial charge in [0, 0.05) is 36.8 Å². The summed E-state index contributed by atoms with van der Waals surface area (Å²) in [6.45, 7) is 1.07. The first-order valence-corrected chi connectivity index (χ1v) is 9.16. The second-order valence-electron chi connectivity index (χ2n) is 7.15. The second-order valence-corrected chi connectivity index (χ2v) is 7.15. The number of alkyl halides is 3. The van der Waals surface area contributed by atoms with E-state index in [1.54, 1.807) is 0 Å². The van der Waals surface area contributed by atoms with Gasteiger partial charge >= 0.3 is 6.18 Å². The molecule has 0 atom stereocenters. The predicted molar refractivity (Wildman–Crippen MR) is 99.5 cm³/mol. The highest BCUT2D eigenvalue weighted by Crippen LogP contribution is 2.30. The first-order valence-electron chi connectivity index (χ1n) is 9.16. The molecule has 1 N–H and O–H groups in total. The Morgan fingerprint density at radius 1 is 1.03 bits per heavy atom. The van der Waals surface area contributed by atoms with E-state index in [0.29, 0.717) is 35.3 Å². The SMILES string of the molecule is O=c1[nH]c(-c2ccc(C(F)(F)F)cc2)nc2c1CCN(Cc1cc(F)cc(F)c1)C2. The van der Waals surface area contributed by atoms with Gasteiger partial charge in [0.1, 0.15) is 17.5 Å². The summed E-state index contributed by atoms with van der Waals surface area (Å²) < 4.78 is 65.1. The van der Waals surface area contributed by atoms with Gasteiger partial charge < -0.3 is 4.98 Å². The Kier molecular flexibility index (Phi) is 5.15. The molecule has 9 heteroatoms. The van der Waals surface area contributed by atoms with E-state index in [-0.39, 0.29) is 24.5 Å². The summed E-state index contributed by atoms with van der Waals surface area (Å²) in [4.78, 5) is 21.4. The molecule has 0 radical (unpaired) electrons. The van der Waals surface area contributed by atoms with Crippen LogP contribution in [0.15, 0.2) is 47.3 Å². The third kappa shape index (κ3) is 4.25. The van der Waals surface area contributed by atoms with Gasteiger partial charge in [-0.25, -0.2) is 13.8 Å². The summed E-state index contributed by atoms with van der Waals surface area (Å²) in [6.07, 6.45) is -4.05. The van der Waals surface area contributed by atoms with Crippen LogP contribution in [0.3, 0.4) is 0 Å². The maximum Gasteiger partial charge on any atom is 0.416 e. The van der Waals surface area contributed by atoms with Crippen LogP contribution in [0.25, 0.3) is 11.4 Å². The fourth-order valence-electron chi connectivity index (χ4n) is 3.54. The van der Waals surface area contributed by atoms with E-state index in [1.165, 1.54) is 24.3 Å². The zero-order valence-corrected chi connectivity index (χ0v) is 15.6. The molecule has 0 aliphatic carbocycles. The molecule has 1 aliphatic heterocycles. The molecule has 1 aromatic heterocycles. The van der Waals surface area contributed by atoms with Crippen LogP contribution in [0.5, 0.6) is 0 Å². The second kappa shape index (κ2) is 7.64. The zero-order chi connectivity index (χ0) is 21.5. The van der Waals surface area contributed by atoms with Crippen molar-refractivity contribution < 1.29 is 22.0 Å². The van der Waals surface area contributed by atoms with Gasteiger partial charge in [0.05, 0.1) is 11.3 Å². The first kappa shape index (κ1) is 20.2. The highest BCUT2D eigenvalue weighted by Gasteiger charge is 2.30. The summed E-state index contributed by atoms with van der Waals surface area (Å²) in [5, 5.41) is 0. The summed E-state index contributed by atoms with van der Waals surface area (Å²) >= 11 is 0. The van der Waals surface area contributed by atoms with Gasteiger partial charge in [-0.1, -0.05) is 12.1 Å². The molecular weight excluding hydrogens is 405 g/mol. The van der Waals surface area contributed by atoms with E-state index in [9.17, 15) is 26.7 Å². The number of fused-ring (bicyclic) bond motifs is 1. The largest absolute Gasteiger partial charge is 0.416 e. The van der Waals surface area contributed by atoms with E-state index in [1.807, 2.05) is 4.90 Å². The minimum atomic E-state index is -4.45. The number of H-pyrrole nitrogens is 1. The fourth-order valence-corrected chi connectivity index (χ4v) is 3.54. The molecule has 2 aromatic carbocycles. The molecule has 2 heterocycles. The van der Waals surface area contributed by atoms with E-state index in [2.05, 4.69) is 9.97 Å². The minimum Gasteiger partial charge on any atom is -0.306 e. The number of hydrogen-bond donors (Lipinski definition) is 1. The maximum absolute atomic E-state index is 13.4. The molecule has 0 saturated carbocycles. The van der Waals surface area contributed by atoms with E-state index in [0.717, 1.165) is 18.2 Å². The van der Waals surface area contributed by atoms with E-state index < -0.39 is 23.4 Å². The number of hydrogen-bond acceptors (Lipinski definition) is 3. The molecule has 0 saturated heterocycles. The maximum atomic E-state index is 13.4. The van der Waals surface area contributed by atoms with Gasteiger partial charge in [-0.3, -0.25) is 9.69 Å². The van der Waals surface area contributed by atoms with E-state index >= 15 is 0 Å². The summed E-state index contributed by atoms with van der Waals surface area (Å²) in [5.41, 5.74) is 0.687. The smallest absolute Gasteiger partial charge is 0.306 e. The molecular formula is C21H16F5N3O. The number of nitrogens with zero attached hydrogens (tertiary/aromatic N) is 2. The van der Waals surface area contributed by atoms with Crippen LogP contribution in [0, 0.1) is 11.6 Å². The summed E-state index contributed by atoms with van der Waals surface area (Å²) in [5.74, 6) is -1.16. The highest BCUT2D eigenvalue weighted by molar-refractivity contribution is 5.56. The number of rotatable bonds is 3. The Morgan fingerprint density at radius 3 is 2.33 bits per heavy atom. The lowest BCUT2D eigenvalue weighted by Crippen LogP contribution is -2.35. The molecule has 0 unspecified atom stereocenters. The van der Waals surface area contributed by atoms with Crippen molar-refractivity contribution in [3.8, 4) is 11.4 Å². The van der Waals surface area contributed by atoms with Gasteiger partial charge in [0.25, 0.3) is 5.56 Å². The normalized spacial score (nSPS) is 14.6. The lowest BCUT2D eigenvalue weighted by molar-refractivity contribution is -0.137. The minimum absolute atomic E-state index is 0.172. The Morgan fingerprint density at radius 2 is 1.70 bits per heavy atom. The van der Waals surface area contributed by atoms with Gasteiger partial charge in [-0.15, -0.1) is 0 Å². The van der Waals surface area contributed by atoms with Crippen LogP contribution in [-0.4, -0.2) is 21.4 Å². The lowest BCUT2D eigenvalue weighted by Gasteiger charge is -2.27. The van der Waals surface area contributed by atoms with Crippen LogP contribution >= 0.6 is 0 Å². The van der Waals surface area contributed by atoms with Crippen LogP contribution < -0.4 is 5.56 Å². The number of aromatic nitrogens is 2. The Hall–Kier alpha value is -3.07. The van der Waals surface area contributed by atoms with Gasteiger partial charge in [-0.05, 0) is 36.2 Å². The number of halogens is 5. The fraction of sp³-hybridized carbons (Fsp3) is 0.238. The number of benzene rings is 2. The number of nitrogens with one attached hydrogen (secondary N) is 1. The zero-order valence-electron chi connectivity index (χ0n) is 15.6. The average Bonchev–Trinajstić information content (AvgIpc) is 2.66. The van der Waals surface area contributed by atoms with Crippen molar-refractivity contribution in [2.24, 2.45) is 0 Å². The highest BCUT2D eigenvalue weighted by atomic mass is 19.4. The van der Waals surface area contributed by atoms with Gasteiger partial charge in [0.2, 0.25) is 0 Å². The van der Waals surface area contributed by atoms with Crippen LogP contribution in [0.4, 0.5) is 22.0 Å². The molecule has 0 bridgehead atoms. The average molecular weight is 421 g/mol.